The highest BCUT2D eigenvalue weighted by molar-refractivity contribution is 9.10. The lowest BCUT2D eigenvalue weighted by molar-refractivity contribution is -0.142. The monoisotopic (exact) mass is 532 g/mol. The summed E-state index contributed by atoms with van der Waals surface area (Å²) >= 11 is 3.27. The molecule has 0 bridgehead atoms. The standard InChI is InChI=1S/C24H17BrF4N4O/c25-20-21(23(34)32-11-10-16(13-32)14-6-8-17(26)9-7-14)31-33-19(24(27,28)29)12-18(30-22(20)33)15-4-2-1-3-5-15/h1-9,12,16H,10-11,13H2. The highest BCUT2D eigenvalue weighted by atomic mass is 79.9. The number of nitrogens with zero attached hydrogens (tertiary/aromatic N) is 4. The van der Waals surface area contributed by atoms with E-state index in [4.69, 9.17) is 0 Å². The van der Waals surface area contributed by atoms with Crippen molar-refractivity contribution in [2.75, 3.05) is 13.1 Å². The SMILES string of the molecule is O=C(c1nn2c(C(F)(F)F)cc(-c3ccccc3)nc2c1Br)N1CCC(c2ccc(F)cc2)C1. The lowest BCUT2D eigenvalue weighted by atomic mass is 9.99. The van der Waals surface area contributed by atoms with Gasteiger partial charge in [0, 0.05) is 24.6 Å². The lowest BCUT2D eigenvalue weighted by Crippen LogP contribution is -2.29. The summed E-state index contributed by atoms with van der Waals surface area (Å²) in [5.74, 6) is -0.823. The fourth-order valence-electron chi connectivity index (χ4n) is 4.19. The van der Waals surface area contributed by atoms with Gasteiger partial charge in [0.05, 0.1) is 10.2 Å². The predicted molar refractivity (Wildman–Crippen MR) is 121 cm³/mol. The third kappa shape index (κ3) is 4.06. The van der Waals surface area contributed by atoms with Gasteiger partial charge in [-0.25, -0.2) is 13.9 Å². The molecule has 4 aromatic rings. The molecule has 0 spiro atoms. The summed E-state index contributed by atoms with van der Waals surface area (Å²) in [5.41, 5.74) is 0.283. The molecule has 5 nitrogen and oxygen atoms in total. The molecular weight excluding hydrogens is 516 g/mol. The minimum Gasteiger partial charge on any atom is -0.337 e. The van der Waals surface area contributed by atoms with Gasteiger partial charge in [0.15, 0.2) is 17.0 Å². The molecule has 1 unspecified atom stereocenters. The number of amides is 1. The minimum absolute atomic E-state index is 0.00824. The second-order valence-electron chi connectivity index (χ2n) is 8.08. The average Bonchev–Trinajstić information content (AvgIpc) is 3.44. The van der Waals surface area contributed by atoms with Crippen LogP contribution in [0.3, 0.4) is 0 Å². The minimum atomic E-state index is -4.71. The van der Waals surface area contributed by atoms with Crippen molar-refractivity contribution in [1.82, 2.24) is 19.5 Å². The molecule has 2 aromatic carbocycles. The number of carbonyl (C=O) groups excluding carboxylic acids is 1. The van der Waals surface area contributed by atoms with Crippen LogP contribution in [0.2, 0.25) is 0 Å². The number of benzene rings is 2. The average molecular weight is 533 g/mol. The molecule has 1 amide bonds. The number of aromatic nitrogens is 3. The highest BCUT2D eigenvalue weighted by Gasteiger charge is 2.37. The third-order valence-corrected chi connectivity index (χ3v) is 6.64. The van der Waals surface area contributed by atoms with Gasteiger partial charge in [-0.3, -0.25) is 4.79 Å². The number of rotatable bonds is 3. The molecule has 10 heteroatoms. The Bertz CT molecular complexity index is 1370. The summed E-state index contributed by atoms with van der Waals surface area (Å²) in [5, 5.41) is 4.01. The van der Waals surface area contributed by atoms with E-state index < -0.39 is 17.8 Å². The van der Waals surface area contributed by atoms with Crippen LogP contribution in [-0.4, -0.2) is 38.5 Å². The Morgan fingerprint density at radius 2 is 1.76 bits per heavy atom. The topological polar surface area (TPSA) is 50.5 Å². The summed E-state index contributed by atoms with van der Waals surface area (Å²) in [6, 6.07) is 15.5. The molecule has 0 N–H and O–H groups in total. The van der Waals surface area contributed by atoms with Crippen LogP contribution >= 0.6 is 15.9 Å². The summed E-state index contributed by atoms with van der Waals surface area (Å²) in [6.45, 7) is 0.773. The van der Waals surface area contributed by atoms with Crippen molar-refractivity contribution in [3.63, 3.8) is 0 Å². The maximum atomic E-state index is 13.9. The number of fused-ring (bicyclic) bond motifs is 1. The molecule has 1 aliphatic rings. The van der Waals surface area contributed by atoms with Gasteiger partial charge >= 0.3 is 6.18 Å². The Kier molecular flexibility index (Phi) is 5.63. The van der Waals surface area contributed by atoms with Gasteiger partial charge in [-0.2, -0.15) is 18.3 Å². The molecule has 34 heavy (non-hydrogen) atoms. The van der Waals surface area contributed by atoms with Gasteiger partial charge in [-0.1, -0.05) is 42.5 Å². The van der Waals surface area contributed by atoms with E-state index in [1.54, 1.807) is 47.4 Å². The first-order valence-corrected chi connectivity index (χ1v) is 11.3. The quantitative estimate of drug-likeness (QED) is 0.306. The van der Waals surface area contributed by atoms with Gasteiger partial charge in [-0.05, 0) is 46.1 Å². The van der Waals surface area contributed by atoms with E-state index in [2.05, 4.69) is 26.0 Å². The molecule has 5 rings (SSSR count). The van der Waals surface area contributed by atoms with Crippen molar-refractivity contribution in [2.45, 2.75) is 18.5 Å². The fraction of sp³-hybridized carbons (Fsp3) is 0.208. The van der Waals surface area contributed by atoms with Gasteiger partial charge in [0.25, 0.3) is 5.91 Å². The van der Waals surface area contributed by atoms with E-state index in [9.17, 15) is 22.4 Å². The van der Waals surface area contributed by atoms with Crippen LogP contribution in [0.4, 0.5) is 17.6 Å². The van der Waals surface area contributed by atoms with Crippen LogP contribution < -0.4 is 0 Å². The second-order valence-corrected chi connectivity index (χ2v) is 8.87. The van der Waals surface area contributed by atoms with E-state index in [1.165, 1.54) is 12.1 Å². The maximum Gasteiger partial charge on any atom is 0.433 e. The summed E-state index contributed by atoms with van der Waals surface area (Å²) in [4.78, 5) is 19.1. The van der Waals surface area contributed by atoms with Gasteiger partial charge in [0.2, 0.25) is 0 Å². The molecule has 1 atom stereocenters. The summed E-state index contributed by atoms with van der Waals surface area (Å²) in [6.07, 6.45) is -4.05. The largest absolute Gasteiger partial charge is 0.433 e. The van der Waals surface area contributed by atoms with Crippen molar-refractivity contribution in [3.05, 3.63) is 87.9 Å². The Morgan fingerprint density at radius 3 is 2.44 bits per heavy atom. The number of hydrogen-bond acceptors (Lipinski definition) is 3. The number of likely N-dealkylation sites (tertiary alicyclic amines) is 1. The van der Waals surface area contributed by atoms with Crippen LogP contribution in [0.1, 0.15) is 34.1 Å². The molecule has 174 valence electrons. The van der Waals surface area contributed by atoms with Crippen LogP contribution in [0.15, 0.2) is 65.1 Å². The number of alkyl halides is 3. The van der Waals surface area contributed by atoms with Crippen LogP contribution in [0.5, 0.6) is 0 Å². The first-order valence-electron chi connectivity index (χ1n) is 10.5. The normalized spacial score (nSPS) is 16.4. The van der Waals surface area contributed by atoms with Gasteiger partial charge < -0.3 is 4.90 Å². The van der Waals surface area contributed by atoms with Crippen LogP contribution in [0, 0.1) is 5.82 Å². The number of halogens is 5. The highest BCUT2D eigenvalue weighted by Crippen LogP contribution is 2.36. The predicted octanol–water partition coefficient (Wildman–Crippen LogP) is 5.95. The lowest BCUT2D eigenvalue weighted by Gasteiger charge is -2.15. The fourth-order valence-corrected chi connectivity index (χ4v) is 4.69. The van der Waals surface area contributed by atoms with Gasteiger partial charge in [-0.15, -0.1) is 0 Å². The van der Waals surface area contributed by atoms with E-state index in [0.29, 0.717) is 29.6 Å². The molecule has 0 aliphatic carbocycles. The first kappa shape index (κ1) is 22.5. The van der Waals surface area contributed by atoms with Crippen LogP contribution in [-0.2, 0) is 6.18 Å². The zero-order valence-electron chi connectivity index (χ0n) is 17.6. The molecule has 0 radical (unpaired) electrons. The van der Waals surface area contributed by atoms with E-state index >= 15 is 0 Å². The zero-order chi connectivity index (χ0) is 24.0. The second kappa shape index (κ2) is 8.50. The number of carbonyl (C=O) groups is 1. The van der Waals surface area contributed by atoms with Crippen LogP contribution in [0.25, 0.3) is 16.9 Å². The van der Waals surface area contributed by atoms with E-state index in [1.807, 2.05) is 0 Å². The molecule has 1 saturated heterocycles. The van der Waals surface area contributed by atoms with Crippen molar-refractivity contribution >= 4 is 27.5 Å². The Labute approximate surface area is 200 Å². The Morgan fingerprint density at radius 1 is 1.06 bits per heavy atom. The molecule has 1 fully saturated rings. The summed E-state index contributed by atoms with van der Waals surface area (Å²) < 4.78 is 55.7. The van der Waals surface area contributed by atoms with Gasteiger partial charge in [0.1, 0.15) is 5.82 Å². The zero-order valence-corrected chi connectivity index (χ0v) is 19.1. The first-order chi connectivity index (χ1) is 16.2. The molecule has 3 heterocycles. The third-order valence-electron chi connectivity index (χ3n) is 5.91. The Balaban J connectivity index is 1.52. The van der Waals surface area contributed by atoms with E-state index in [0.717, 1.165) is 11.6 Å². The number of hydrogen-bond donors (Lipinski definition) is 0. The smallest absolute Gasteiger partial charge is 0.337 e. The van der Waals surface area contributed by atoms with Crippen molar-refractivity contribution < 1.29 is 22.4 Å². The molecule has 0 saturated carbocycles. The van der Waals surface area contributed by atoms with Crippen molar-refractivity contribution in [1.29, 1.82) is 0 Å². The maximum absolute atomic E-state index is 13.9. The Hall–Kier alpha value is -3.27. The van der Waals surface area contributed by atoms with Crippen molar-refractivity contribution in [3.8, 4) is 11.3 Å². The molecule has 2 aromatic heterocycles. The van der Waals surface area contributed by atoms with Crippen molar-refractivity contribution in [2.24, 2.45) is 0 Å². The molecule has 1 aliphatic heterocycles. The van der Waals surface area contributed by atoms with E-state index in [-0.39, 0.29) is 33.2 Å². The molecular formula is C24H17BrF4N4O. The summed E-state index contributed by atoms with van der Waals surface area (Å²) in [7, 11) is 0.